The van der Waals surface area contributed by atoms with Crippen LogP contribution in [0.2, 0.25) is 10.0 Å². The summed E-state index contributed by atoms with van der Waals surface area (Å²) in [6.45, 7) is 3.98. The smallest absolute Gasteiger partial charge is 0.246 e. The molecule has 28 heavy (non-hydrogen) atoms. The molecule has 0 aromatic heterocycles. The molecule has 4 nitrogen and oxygen atoms in total. The van der Waals surface area contributed by atoms with E-state index in [0.717, 1.165) is 25.2 Å². The number of rotatable bonds is 5. The first-order valence-corrected chi connectivity index (χ1v) is 10.1. The molecule has 0 N–H and O–H groups in total. The molecule has 1 saturated heterocycles. The SMILES string of the molecule is CN(C)Cc1cccc(N2CCN(C(=O)/C=C/c3ccc(Cl)cc3Cl)CC2)c1. The number of hydrogen-bond donors (Lipinski definition) is 0. The maximum absolute atomic E-state index is 12.5. The maximum atomic E-state index is 12.5. The molecule has 6 heteroatoms. The summed E-state index contributed by atoms with van der Waals surface area (Å²) in [7, 11) is 4.14. The number of anilines is 1. The van der Waals surface area contributed by atoms with Crippen LogP contribution in [0.3, 0.4) is 0 Å². The largest absolute Gasteiger partial charge is 0.368 e. The molecule has 3 rings (SSSR count). The van der Waals surface area contributed by atoms with Crippen molar-refractivity contribution >= 4 is 40.9 Å². The molecule has 0 atom stereocenters. The fourth-order valence-electron chi connectivity index (χ4n) is 3.30. The van der Waals surface area contributed by atoms with Crippen molar-refractivity contribution < 1.29 is 4.79 Å². The van der Waals surface area contributed by atoms with Crippen LogP contribution in [0, 0.1) is 0 Å². The Kier molecular flexibility index (Phi) is 7.00. The van der Waals surface area contributed by atoms with E-state index in [-0.39, 0.29) is 5.91 Å². The first kappa shape index (κ1) is 20.7. The Labute approximate surface area is 176 Å². The minimum absolute atomic E-state index is 0.00650. The molecular formula is C22H25Cl2N3O. The maximum Gasteiger partial charge on any atom is 0.246 e. The van der Waals surface area contributed by atoms with Crippen molar-refractivity contribution in [3.63, 3.8) is 0 Å². The molecule has 1 aliphatic rings. The number of benzene rings is 2. The fourth-order valence-corrected chi connectivity index (χ4v) is 3.78. The monoisotopic (exact) mass is 417 g/mol. The highest BCUT2D eigenvalue weighted by Crippen LogP contribution is 2.22. The van der Waals surface area contributed by atoms with Crippen LogP contribution < -0.4 is 4.90 Å². The van der Waals surface area contributed by atoms with Crippen LogP contribution >= 0.6 is 23.2 Å². The zero-order valence-electron chi connectivity index (χ0n) is 16.2. The van der Waals surface area contributed by atoms with Crippen molar-refractivity contribution in [2.45, 2.75) is 6.54 Å². The summed E-state index contributed by atoms with van der Waals surface area (Å²) < 4.78 is 0. The molecule has 0 radical (unpaired) electrons. The van der Waals surface area contributed by atoms with Crippen LogP contribution in [0.4, 0.5) is 5.69 Å². The van der Waals surface area contributed by atoms with Gasteiger partial charge in [-0.3, -0.25) is 4.79 Å². The minimum atomic E-state index is 0.00650. The predicted molar refractivity (Wildman–Crippen MR) is 118 cm³/mol. The molecule has 2 aromatic rings. The van der Waals surface area contributed by atoms with Gasteiger partial charge in [-0.05, 0) is 55.6 Å². The number of carbonyl (C=O) groups is 1. The molecule has 1 amide bonds. The van der Waals surface area contributed by atoms with Crippen LogP contribution in [0.25, 0.3) is 6.08 Å². The van der Waals surface area contributed by atoms with Crippen molar-refractivity contribution in [2.75, 3.05) is 45.2 Å². The van der Waals surface area contributed by atoms with Crippen molar-refractivity contribution in [3.8, 4) is 0 Å². The number of piperazine rings is 1. The van der Waals surface area contributed by atoms with Gasteiger partial charge < -0.3 is 14.7 Å². The molecule has 148 valence electrons. The van der Waals surface area contributed by atoms with Crippen molar-refractivity contribution in [1.82, 2.24) is 9.80 Å². The molecule has 0 spiro atoms. The van der Waals surface area contributed by atoms with Crippen LogP contribution in [0.15, 0.2) is 48.5 Å². The highest BCUT2D eigenvalue weighted by Gasteiger charge is 2.20. The van der Waals surface area contributed by atoms with Gasteiger partial charge in [0.15, 0.2) is 0 Å². The van der Waals surface area contributed by atoms with E-state index in [2.05, 4.69) is 48.2 Å². The molecule has 0 bridgehead atoms. The Balaban J connectivity index is 1.57. The summed E-state index contributed by atoms with van der Waals surface area (Å²) in [5.74, 6) is 0.00650. The first-order chi connectivity index (χ1) is 13.4. The molecule has 2 aromatic carbocycles. The summed E-state index contributed by atoms with van der Waals surface area (Å²) in [6, 6.07) is 13.9. The van der Waals surface area contributed by atoms with Crippen LogP contribution in [-0.2, 0) is 11.3 Å². The Hall–Kier alpha value is -2.01. The van der Waals surface area contributed by atoms with E-state index in [1.807, 2.05) is 11.0 Å². The lowest BCUT2D eigenvalue weighted by molar-refractivity contribution is -0.126. The normalized spacial score (nSPS) is 14.9. The van der Waals surface area contributed by atoms with E-state index in [0.29, 0.717) is 23.1 Å². The molecule has 0 saturated carbocycles. The zero-order chi connectivity index (χ0) is 20.1. The van der Waals surface area contributed by atoms with Crippen LogP contribution in [0.5, 0.6) is 0 Å². The van der Waals surface area contributed by atoms with Gasteiger partial charge >= 0.3 is 0 Å². The van der Waals surface area contributed by atoms with Gasteiger partial charge in [0, 0.05) is 54.5 Å². The number of amides is 1. The van der Waals surface area contributed by atoms with Gasteiger partial charge in [0.1, 0.15) is 0 Å². The second kappa shape index (κ2) is 9.46. The van der Waals surface area contributed by atoms with E-state index in [9.17, 15) is 4.79 Å². The van der Waals surface area contributed by atoms with E-state index >= 15 is 0 Å². The Morgan fingerprint density at radius 2 is 1.82 bits per heavy atom. The molecule has 1 aliphatic heterocycles. The average Bonchev–Trinajstić information content (AvgIpc) is 2.67. The molecule has 0 unspecified atom stereocenters. The molecule has 0 aliphatic carbocycles. The zero-order valence-corrected chi connectivity index (χ0v) is 17.7. The summed E-state index contributed by atoms with van der Waals surface area (Å²) in [5.41, 5.74) is 3.30. The fraction of sp³-hybridized carbons (Fsp3) is 0.318. The lowest BCUT2D eigenvalue weighted by atomic mass is 10.1. The lowest BCUT2D eigenvalue weighted by Crippen LogP contribution is -2.48. The van der Waals surface area contributed by atoms with E-state index in [4.69, 9.17) is 23.2 Å². The van der Waals surface area contributed by atoms with E-state index < -0.39 is 0 Å². The Bertz CT molecular complexity index is 859. The van der Waals surface area contributed by atoms with Crippen molar-refractivity contribution in [3.05, 3.63) is 69.7 Å². The number of carbonyl (C=O) groups excluding carboxylic acids is 1. The van der Waals surface area contributed by atoms with Gasteiger partial charge in [-0.2, -0.15) is 0 Å². The van der Waals surface area contributed by atoms with Gasteiger partial charge in [0.2, 0.25) is 5.91 Å². The molecule has 1 fully saturated rings. The highest BCUT2D eigenvalue weighted by molar-refractivity contribution is 6.35. The van der Waals surface area contributed by atoms with Crippen LogP contribution in [-0.4, -0.2) is 56.0 Å². The third kappa shape index (κ3) is 5.51. The predicted octanol–water partition coefficient (Wildman–Crippen LogP) is 4.42. The van der Waals surface area contributed by atoms with Crippen LogP contribution in [0.1, 0.15) is 11.1 Å². The molecule has 1 heterocycles. The second-order valence-corrected chi connectivity index (χ2v) is 8.06. The van der Waals surface area contributed by atoms with Crippen molar-refractivity contribution in [2.24, 2.45) is 0 Å². The van der Waals surface area contributed by atoms with E-state index in [1.54, 1.807) is 24.3 Å². The quantitative estimate of drug-likeness (QED) is 0.673. The third-order valence-corrected chi connectivity index (χ3v) is 5.30. The van der Waals surface area contributed by atoms with Gasteiger partial charge in [-0.1, -0.05) is 41.4 Å². The van der Waals surface area contributed by atoms with E-state index in [1.165, 1.54) is 11.3 Å². The number of halogens is 2. The highest BCUT2D eigenvalue weighted by atomic mass is 35.5. The van der Waals surface area contributed by atoms with Gasteiger partial charge in [0.05, 0.1) is 0 Å². The topological polar surface area (TPSA) is 26.8 Å². The molecular weight excluding hydrogens is 393 g/mol. The van der Waals surface area contributed by atoms with Crippen molar-refractivity contribution in [1.29, 1.82) is 0 Å². The summed E-state index contributed by atoms with van der Waals surface area (Å²) in [6.07, 6.45) is 3.33. The number of hydrogen-bond acceptors (Lipinski definition) is 3. The lowest BCUT2D eigenvalue weighted by Gasteiger charge is -2.36. The Morgan fingerprint density at radius 3 is 2.50 bits per heavy atom. The Morgan fingerprint density at radius 1 is 1.07 bits per heavy atom. The summed E-state index contributed by atoms with van der Waals surface area (Å²) in [4.78, 5) is 18.9. The standard InChI is InChI=1S/C22H25Cl2N3O/c1-25(2)16-17-4-3-5-20(14-17)26-10-12-27(13-11-26)22(28)9-7-18-6-8-19(23)15-21(18)24/h3-9,14-15H,10-13,16H2,1-2H3/b9-7+. The summed E-state index contributed by atoms with van der Waals surface area (Å²) in [5, 5.41) is 1.12. The summed E-state index contributed by atoms with van der Waals surface area (Å²) >= 11 is 12.1. The minimum Gasteiger partial charge on any atom is -0.368 e. The first-order valence-electron chi connectivity index (χ1n) is 9.33. The van der Waals surface area contributed by atoms with Gasteiger partial charge in [0.25, 0.3) is 0 Å². The second-order valence-electron chi connectivity index (χ2n) is 7.22. The third-order valence-electron chi connectivity index (χ3n) is 4.73. The van der Waals surface area contributed by atoms with Gasteiger partial charge in [-0.15, -0.1) is 0 Å². The van der Waals surface area contributed by atoms with Gasteiger partial charge in [-0.25, -0.2) is 0 Å². The average molecular weight is 418 g/mol. The number of nitrogens with zero attached hydrogens (tertiary/aromatic N) is 3.